The summed E-state index contributed by atoms with van der Waals surface area (Å²) < 4.78 is 13.4. The van der Waals surface area contributed by atoms with E-state index in [1.807, 2.05) is 0 Å². The molecule has 124 valence electrons. The molecule has 4 aliphatic carbocycles. The molecule has 5 rings (SSSR count). The Kier molecular flexibility index (Phi) is 3.49. The quantitative estimate of drug-likeness (QED) is 0.896. The van der Waals surface area contributed by atoms with Crippen molar-refractivity contribution < 1.29 is 19.4 Å². The van der Waals surface area contributed by atoms with E-state index in [-0.39, 0.29) is 24.3 Å². The summed E-state index contributed by atoms with van der Waals surface area (Å²) in [6, 6.07) is 6.36. The molecule has 4 aliphatic rings. The molecule has 0 amide bonds. The molecule has 4 saturated carbocycles. The van der Waals surface area contributed by atoms with Crippen LogP contribution in [0.2, 0.25) is 0 Å². The van der Waals surface area contributed by atoms with Gasteiger partial charge in [-0.3, -0.25) is 4.79 Å². The number of carboxylic acid groups (broad SMARTS) is 1. The Hall–Kier alpha value is -1.42. The Bertz CT molecular complexity index is 582. The Morgan fingerprint density at radius 3 is 2.04 bits per heavy atom. The van der Waals surface area contributed by atoms with Gasteiger partial charge in [0.15, 0.2) is 0 Å². The van der Waals surface area contributed by atoms with Crippen LogP contribution in [0.3, 0.4) is 0 Å². The van der Waals surface area contributed by atoms with E-state index in [9.17, 15) is 19.4 Å². The first kappa shape index (κ1) is 15.1. The average molecular weight is 318 g/mol. The van der Waals surface area contributed by atoms with Gasteiger partial charge in [0.25, 0.3) is 0 Å². The summed E-state index contributed by atoms with van der Waals surface area (Å²) in [6.45, 7) is -0.352. The van der Waals surface area contributed by atoms with Crippen LogP contribution in [0, 0.1) is 35.4 Å². The van der Waals surface area contributed by atoms with Crippen molar-refractivity contribution in [2.75, 3.05) is 6.61 Å². The number of hydrogen-bond acceptors (Lipinski definition) is 2. The van der Waals surface area contributed by atoms with E-state index in [0.717, 1.165) is 31.2 Å². The zero-order valence-electron chi connectivity index (χ0n) is 13.1. The van der Waals surface area contributed by atoms with E-state index < -0.39 is 17.3 Å². The molecule has 0 aromatic heterocycles. The molecule has 2 N–H and O–H groups in total. The van der Waals surface area contributed by atoms with Crippen LogP contribution >= 0.6 is 0 Å². The van der Waals surface area contributed by atoms with Gasteiger partial charge in [0.1, 0.15) is 5.82 Å². The predicted octanol–water partition coefficient (Wildman–Crippen LogP) is 3.21. The number of hydrogen-bond donors (Lipinski definition) is 2. The molecule has 0 spiro atoms. The van der Waals surface area contributed by atoms with Crippen LogP contribution in [0.4, 0.5) is 4.39 Å². The fourth-order valence-corrected chi connectivity index (χ4v) is 6.38. The standard InChI is InChI=1S/C19H23FO3/c20-16-3-1-13(2-4-16)19(17(10-21)18(22)23)14-6-11-5-12(8-14)9-15(19)7-11/h1-4,11-12,14-15,17,21H,5-10H2,(H,22,23)/t11-,12?,14-,15?,17?,19?/m0/s1. The van der Waals surface area contributed by atoms with Gasteiger partial charge in [0.05, 0.1) is 12.5 Å². The molecule has 0 radical (unpaired) electrons. The van der Waals surface area contributed by atoms with Gasteiger partial charge in [0, 0.05) is 5.41 Å². The summed E-state index contributed by atoms with van der Waals surface area (Å²) in [5, 5.41) is 19.7. The van der Waals surface area contributed by atoms with Crippen LogP contribution in [-0.4, -0.2) is 22.8 Å². The van der Waals surface area contributed by atoms with E-state index in [1.165, 1.54) is 18.6 Å². The van der Waals surface area contributed by atoms with Crippen molar-refractivity contribution in [2.45, 2.75) is 37.5 Å². The molecule has 1 unspecified atom stereocenters. The first-order chi connectivity index (χ1) is 11.1. The second-order valence-corrected chi connectivity index (χ2v) is 7.82. The van der Waals surface area contributed by atoms with Gasteiger partial charge in [-0.05, 0) is 73.5 Å². The number of aliphatic carboxylic acids is 1. The SMILES string of the molecule is O=C(O)C(CO)C1(c2ccc(F)cc2)C2CC3C[C@H](C2)C[C@H]1C3. The largest absolute Gasteiger partial charge is 0.481 e. The number of aliphatic hydroxyl groups excluding tert-OH is 1. The third-order valence-electron chi connectivity index (χ3n) is 6.89. The van der Waals surface area contributed by atoms with Crippen molar-refractivity contribution >= 4 is 5.97 Å². The third-order valence-corrected chi connectivity index (χ3v) is 6.89. The van der Waals surface area contributed by atoms with E-state index in [2.05, 4.69) is 0 Å². The molecular weight excluding hydrogens is 295 g/mol. The highest BCUT2D eigenvalue weighted by atomic mass is 19.1. The summed E-state index contributed by atoms with van der Waals surface area (Å²) in [6.07, 6.45) is 5.48. The number of aliphatic hydroxyl groups is 1. The molecule has 4 fully saturated rings. The van der Waals surface area contributed by atoms with Crippen LogP contribution in [0.1, 0.15) is 37.7 Å². The lowest BCUT2D eigenvalue weighted by Crippen LogP contribution is -2.61. The monoisotopic (exact) mass is 318 g/mol. The van der Waals surface area contributed by atoms with Crippen molar-refractivity contribution in [3.05, 3.63) is 35.6 Å². The first-order valence-corrected chi connectivity index (χ1v) is 8.65. The normalized spacial score (nSPS) is 39.4. The molecule has 23 heavy (non-hydrogen) atoms. The predicted molar refractivity (Wildman–Crippen MR) is 83.3 cm³/mol. The van der Waals surface area contributed by atoms with E-state index in [1.54, 1.807) is 12.1 Å². The average Bonchev–Trinajstić information content (AvgIpc) is 2.51. The van der Waals surface area contributed by atoms with Crippen LogP contribution in [0.25, 0.3) is 0 Å². The highest BCUT2D eigenvalue weighted by Crippen LogP contribution is 2.65. The van der Waals surface area contributed by atoms with Crippen molar-refractivity contribution in [3.63, 3.8) is 0 Å². The molecule has 1 aromatic carbocycles. The maximum absolute atomic E-state index is 13.4. The fourth-order valence-electron chi connectivity index (χ4n) is 6.38. The second kappa shape index (κ2) is 5.30. The Morgan fingerprint density at radius 1 is 1.09 bits per heavy atom. The number of rotatable bonds is 4. The van der Waals surface area contributed by atoms with Gasteiger partial charge in [0.2, 0.25) is 0 Å². The van der Waals surface area contributed by atoms with Gasteiger partial charge in [-0.25, -0.2) is 4.39 Å². The molecule has 0 aliphatic heterocycles. The topological polar surface area (TPSA) is 57.5 Å². The van der Waals surface area contributed by atoms with Crippen molar-refractivity contribution in [3.8, 4) is 0 Å². The Morgan fingerprint density at radius 2 is 1.61 bits per heavy atom. The van der Waals surface area contributed by atoms with Crippen LogP contribution in [0.5, 0.6) is 0 Å². The van der Waals surface area contributed by atoms with Gasteiger partial charge in [-0.2, -0.15) is 0 Å². The number of carboxylic acids is 1. The summed E-state index contributed by atoms with van der Waals surface area (Å²) in [5.41, 5.74) is 0.371. The third kappa shape index (κ3) is 2.07. The van der Waals surface area contributed by atoms with E-state index in [0.29, 0.717) is 11.8 Å². The van der Waals surface area contributed by atoms with Gasteiger partial charge >= 0.3 is 5.97 Å². The number of carbonyl (C=O) groups is 1. The molecule has 4 heteroatoms. The zero-order valence-corrected chi connectivity index (χ0v) is 13.1. The molecule has 1 atom stereocenters. The first-order valence-electron chi connectivity index (χ1n) is 8.65. The minimum Gasteiger partial charge on any atom is -0.481 e. The van der Waals surface area contributed by atoms with Gasteiger partial charge in [-0.15, -0.1) is 0 Å². The highest BCUT2D eigenvalue weighted by molar-refractivity contribution is 5.73. The van der Waals surface area contributed by atoms with E-state index >= 15 is 0 Å². The highest BCUT2D eigenvalue weighted by Gasteiger charge is 2.62. The molecular formula is C19H23FO3. The number of halogens is 1. The van der Waals surface area contributed by atoms with Crippen molar-refractivity contribution in [2.24, 2.45) is 29.6 Å². The molecule has 1 aromatic rings. The van der Waals surface area contributed by atoms with Crippen molar-refractivity contribution in [1.29, 1.82) is 0 Å². The summed E-state index contributed by atoms with van der Waals surface area (Å²) in [4.78, 5) is 12.0. The van der Waals surface area contributed by atoms with Gasteiger partial charge in [-0.1, -0.05) is 12.1 Å². The van der Waals surface area contributed by atoms with Crippen LogP contribution < -0.4 is 0 Å². The number of benzene rings is 1. The smallest absolute Gasteiger partial charge is 0.309 e. The fraction of sp³-hybridized carbons (Fsp3) is 0.632. The lowest BCUT2D eigenvalue weighted by molar-refractivity contribution is -0.159. The molecule has 0 saturated heterocycles. The lowest BCUT2D eigenvalue weighted by atomic mass is 9.41. The zero-order chi connectivity index (χ0) is 16.2. The lowest BCUT2D eigenvalue weighted by Gasteiger charge is -2.63. The summed E-state index contributed by atoms with van der Waals surface area (Å²) in [7, 11) is 0. The minimum atomic E-state index is -0.927. The maximum atomic E-state index is 13.4. The maximum Gasteiger partial charge on any atom is 0.309 e. The molecule has 4 bridgehead atoms. The van der Waals surface area contributed by atoms with Crippen LogP contribution in [-0.2, 0) is 10.2 Å². The molecule has 0 heterocycles. The second-order valence-electron chi connectivity index (χ2n) is 7.82. The summed E-state index contributed by atoms with van der Waals surface area (Å²) >= 11 is 0. The van der Waals surface area contributed by atoms with Crippen LogP contribution in [0.15, 0.2) is 24.3 Å². The van der Waals surface area contributed by atoms with E-state index in [4.69, 9.17) is 0 Å². The van der Waals surface area contributed by atoms with Gasteiger partial charge < -0.3 is 10.2 Å². The Labute approximate surface area is 135 Å². The summed E-state index contributed by atoms with van der Waals surface area (Å²) in [5.74, 6) is -0.0378. The molecule has 3 nitrogen and oxygen atoms in total. The Balaban J connectivity index is 1.87. The van der Waals surface area contributed by atoms with Crippen molar-refractivity contribution in [1.82, 2.24) is 0 Å². The minimum absolute atomic E-state index is 0.289.